The highest BCUT2D eigenvalue weighted by Crippen LogP contribution is 2.33. The molecule has 2 saturated heterocycles. The minimum absolute atomic E-state index is 0.251. The Kier molecular flexibility index (Phi) is 11.5. The summed E-state index contributed by atoms with van der Waals surface area (Å²) in [6.07, 6.45) is -5.50. The summed E-state index contributed by atoms with van der Waals surface area (Å²) in [7, 11) is 12.6. The molecule has 0 N–H and O–H groups in total. The molecule has 2 aliphatic heterocycles. The molecule has 0 radical (unpaired) electrons. The summed E-state index contributed by atoms with van der Waals surface area (Å²) < 4.78 is 63.2. The van der Waals surface area contributed by atoms with Gasteiger partial charge in [0.25, 0.3) is 0 Å². The van der Waals surface area contributed by atoms with Gasteiger partial charge < -0.3 is 52.1 Å². The molecule has 0 bridgehead atoms. The van der Waals surface area contributed by atoms with Gasteiger partial charge in [0.2, 0.25) is 0 Å². The minimum Gasteiger partial charge on any atom is -0.382 e. The van der Waals surface area contributed by atoms with Crippen molar-refractivity contribution in [1.82, 2.24) is 0 Å². The lowest BCUT2D eigenvalue weighted by atomic mass is 9.96. The van der Waals surface area contributed by atoms with Crippen molar-refractivity contribution >= 4 is 0 Å². The number of methoxy groups -OCH3 is 8. The van der Waals surface area contributed by atoms with Crippen molar-refractivity contribution < 1.29 is 52.1 Å². The summed E-state index contributed by atoms with van der Waals surface area (Å²) in [5.41, 5.74) is 0. The first-order chi connectivity index (χ1) is 15.0. The van der Waals surface area contributed by atoms with Crippen molar-refractivity contribution in [2.24, 2.45) is 0 Å². The Morgan fingerprint density at radius 1 is 0.452 bits per heavy atom. The quantitative estimate of drug-likeness (QED) is 0.393. The van der Waals surface area contributed by atoms with Crippen LogP contribution in [0.1, 0.15) is 0 Å². The number of hydrogen-bond donors (Lipinski definition) is 0. The third-order valence-electron chi connectivity index (χ3n) is 5.73. The minimum atomic E-state index is -0.816. The first-order valence-corrected chi connectivity index (χ1v) is 10.2. The lowest BCUT2D eigenvalue weighted by Crippen LogP contribution is -2.66. The van der Waals surface area contributed by atoms with E-state index in [4.69, 9.17) is 52.1 Å². The van der Waals surface area contributed by atoms with Crippen LogP contribution in [-0.2, 0) is 52.1 Å². The van der Waals surface area contributed by atoms with E-state index >= 15 is 0 Å². The highest BCUT2D eigenvalue weighted by atomic mass is 16.8. The van der Waals surface area contributed by atoms with Crippen LogP contribution in [0.3, 0.4) is 0 Å². The van der Waals surface area contributed by atoms with Crippen LogP contribution in [0.15, 0.2) is 0 Å². The van der Waals surface area contributed by atoms with Crippen LogP contribution in [0, 0.1) is 0 Å². The Bertz CT molecular complexity index is 496. The second-order valence-corrected chi connectivity index (χ2v) is 7.33. The van der Waals surface area contributed by atoms with E-state index in [2.05, 4.69) is 0 Å². The van der Waals surface area contributed by atoms with Crippen LogP contribution >= 0.6 is 0 Å². The average molecular weight is 455 g/mol. The zero-order chi connectivity index (χ0) is 23.0. The largest absolute Gasteiger partial charge is 0.382 e. The molecule has 0 aromatic heterocycles. The second kappa shape index (κ2) is 13.3. The summed E-state index contributed by atoms with van der Waals surface area (Å²) in [6.45, 7) is 0.540. The van der Waals surface area contributed by atoms with Crippen LogP contribution in [0.5, 0.6) is 0 Å². The van der Waals surface area contributed by atoms with E-state index in [0.29, 0.717) is 0 Å². The molecule has 0 aliphatic carbocycles. The molecule has 11 nitrogen and oxygen atoms in total. The van der Waals surface area contributed by atoms with E-state index in [9.17, 15) is 0 Å². The first kappa shape index (κ1) is 26.8. The third kappa shape index (κ3) is 5.92. The summed E-state index contributed by atoms with van der Waals surface area (Å²) in [4.78, 5) is 0. The van der Waals surface area contributed by atoms with Gasteiger partial charge in [-0.15, -0.1) is 0 Å². The Morgan fingerprint density at radius 2 is 0.871 bits per heavy atom. The molecule has 2 aliphatic rings. The molecule has 0 aromatic carbocycles. The van der Waals surface area contributed by atoms with Gasteiger partial charge in [-0.3, -0.25) is 0 Å². The third-order valence-corrected chi connectivity index (χ3v) is 5.73. The Balaban J connectivity index is 2.32. The topological polar surface area (TPSA) is 102 Å². The van der Waals surface area contributed by atoms with Gasteiger partial charge >= 0.3 is 0 Å². The molecule has 11 heteroatoms. The van der Waals surface area contributed by atoms with Crippen LogP contribution < -0.4 is 0 Å². The molecular formula is C20H38O11. The van der Waals surface area contributed by atoms with Gasteiger partial charge in [0, 0.05) is 56.9 Å². The van der Waals surface area contributed by atoms with Crippen molar-refractivity contribution in [1.29, 1.82) is 0 Å². The second-order valence-electron chi connectivity index (χ2n) is 7.33. The predicted octanol–water partition coefficient (Wildman–Crippen LogP) is -0.164. The van der Waals surface area contributed by atoms with Gasteiger partial charge in [-0.2, -0.15) is 0 Å². The van der Waals surface area contributed by atoms with Crippen LogP contribution in [0.4, 0.5) is 0 Å². The SMILES string of the molecule is COC[C@@H]1O[C@@H](O[C@H]2[C@H](OC)[C@H](OC)[C@H](OC)O[C@@H]2COC)[C@H](OC)[C@H](OC)[C@@H]1OC. The summed E-state index contributed by atoms with van der Waals surface area (Å²) in [5.74, 6) is 0. The van der Waals surface area contributed by atoms with Gasteiger partial charge in [-0.1, -0.05) is 0 Å². The lowest BCUT2D eigenvalue weighted by molar-refractivity contribution is -0.365. The number of ether oxygens (including phenoxy) is 11. The van der Waals surface area contributed by atoms with Gasteiger partial charge in [-0.25, -0.2) is 0 Å². The lowest BCUT2D eigenvalue weighted by Gasteiger charge is -2.49. The van der Waals surface area contributed by atoms with Crippen molar-refractivity contribution in [3.05, 3.63) is 0 Å². The van der Waals surface area contributed by atoms with Crippen LogP contribution in [0.2, 0.25) is 0 Å². The van der Waals surface area contributed by atoms with Crippen molar-refractivity contribution in [3.8, 4) is 0 Å². The number of hydrogen-bond acceptors (Lipinski definition) is 11. The average Bonchev–Trinajstić information content (AvgIpc) is 2.79. The standard InChI is InChI=1S/C20H38O11/c1-21-9-11-13(23-3)15(24-4)18(27-7)20(30-11)31-14-12(10-22-2)29-19(28-8)17(26-6)16(14)25-5/h11-20H,9-10H2,1-8H3/t11-,12+,13+,14+,15+,16-,17-,18+,19+,20-/m0/s1. The summed E-state index contributed by atoms with van der Waals surface area (Å²) in [6, 6.07) is 0. The fourth-order valence-corrected chi connectivity index (χ4v) is 4.29. The molecule has 31 heavy (non-hydrogen) atoms. The molecule has 10 atom stereocenters. The van der Waals surface area contributed by atoms with Crippen molar-refractivity contribution in [2.75, 3.05) is 70.1 Å². The van der Waals surface area contributed by atoms with E-state index in [1.807, 2.05) is 0 Å². The zero-order valence-corrected chi connectivity index (χ0v) is 19.7. The molecule has 0 spiro atoms. The molecule has 0 amide bonds. The first-order valence-electron chi connectivity index (χ1n) is 10.2. The monoisotopic (exact) mass is 454 g/mol. The summed E-state index contributed by atoms with van der Waals surface area (Å²) in [5, 5.41) is 0. The van der Waals surface area contributed by atoms with Gasteiger partial charge in [0.05, 0.1) is 13.2 Å². The maximum absolute atomic E-state index is 6.43. The van der Waals surface area contributed by atoms with Gasteiger partial charge in [0.15, 0.2) is 12.6 Å². The summed E-state index contributed by atoms with van der Waals surface area (Å²) >= 11 is 0. The van der Waals surface area contributed by atoms with Gasteiger partial charge in [0.1, 0.15) is 48.8 Å². The molecule has 0 aromatic rings. The van der Waals surface area contributed by atoms with Crippen LogP contribution in [0.25, 0.3) is 0 Å². The highest BCUT2D eigenvalue weighted by Gasteiger charge is 2.53. The van der Waals surface area contributed by atoms with E-state index in [-0.39, 0.29) is 13.2 Å². The smallest absolute Gasteiger partial charge is 0.187 e. The number of rotatable bonds is 12. The van der Waals surface area contributed by atoms with E-state index < -0.39 is 61.4 Å². The molecule has 2 rings (SSSR count). The Morgan fingerprint density at radius 3 is 1.32 bits per heavy atom. The molecular weight excluding hydrogens is 416 g/mol. The van der Waals surface area contributed by atoms with E-state index in [1.165, 1.54) is 0 Å². The maximum Gasteiger partial charge on any atom is 0.187 e. The predicted molar refractivity (Wildman–Crippen MR) is 107 cm³/mol. The fourth-order valence-electron chi connectivity index (χ4n) is 4.29. The van der Waals surface area contributed by atoms with E-state index in [1.54, 1.807) is 56.9 Å². The molecule has 2 fully saturated rings. The van der Waals surface area contributed by atoms with Gasteiger partial charge in [-0.05, 0) is 0 Å². The van der Waals surface area contributed by atoms with Crippen molar-refractivity contribution in [3.63, 3.8) is 0 Å². The molecule has 0 saturated carbocycles. The van der Waals surface area contributed by atoms with Crippen molar-refractivity contribution in [2.45, 2.75) is 61.4 Å². The zero-order valence-electron chi connectivity index (χ0n) is 19.7. The molecule has 2 heterocycles. The highest BCUT2D eigenvalue weighted by molar-refractivity contribution is 4.96. The fraction of sp³-hybridized carbons (Fsp3) is 1.00. The Hall–Kier alpha value is -0.440. The maximum atomic E-state index is 6.43. The van der Waals surface area contributed by atoms with Crippen LogP contribution in [-0.4, -0.2) is 132 Å². The van der Waals surface area contributed by atoms with E-state index in [0.717, 1.165) is 0 Å². The normalized spacial score (nSPS) is 41.4. The molecule has 0 unspecified atom stereocenters. The molecule has 184 valence electrons. The Labute approximate surface area is 184 Å².